The zero-order valence-electron chi connectivity index (χ0n) is 12.5. The highest BCUT2D eigenvalue weighted by atomic mass is 16.5. The van der Waals surface area contributed by atoms with Gasteiger partial charge in [0.25, 0.3) is 0 Å². The van der Waals surface area contributed by atoms with Gasteiger partial charge in [-0.15, -0.1) is 0 Å². The van der Waals surface area contributed by atoms with Crippen molar-refractivity contribution in [3.63, 3.8) is 0 Å². The van der Waals surface area contributed by atoms with Gasteiger partial charge in [-0.05, 0) is 30.2 Å². The van der Waals surface area contributed by atoms with Gasteiger partial charge in [-0.3, -0.25) is 4.90 Å². The van der Waals surface area contributed by atoms with E-state index in [0.717, 1.165) is 50.6 Å². The number of nitrogens with zero attached hydrogens (tertiary/aromatic N) is 3. The summed E-state index contributed by atoms with van der Waals surface area (Å²) in [6, 6.07) is 11.1. The summed E-state index contributed by atoms with van der Waals surface area (Å²) >= 11 is 0. The number of hydrogen-bond donors (Lipinski definition) is 0. The van der Waals surface area contributed by atoms with Gasteiger partial charge < -0.3 is 9.47 Å². The van der Waals surface area contributed by atoms with E-state index in [-0.39, 0.29) is 5.57 Å². The summed E-state index contributed by atoms with van der Waals surface area (Å²) in [5.41, 5.74) is 0.915. The molecule has 0 atom stereocenters. The molecule has 5 heteroatoms. The fourth-order valence-electron chi connectivity index (χ4n) is 2.22. The topological polar surface area (TPSA) is 69.3 Å². The van der Waals surface area contributed by atoms with Gasteiger partial charge in [0.2, 0.25) is 0 Å². The van der Waals surface area contributed by atoms with Gasteiger partial charge >= 0.3 is 0 Å². The van der Waals surface area contributed by atoms with Crippen LogP contribution in [0.2, 0.25) is 0 Å². The summed E-state index contributed by atoms with van der Waals surface area (Å²) in [6.45, 7) is 5.35. The summed E-state index contributed by atoms with van der Waals surface area (Å²) in [5, 5.41) is 17.4. The van der Waals surface area contributed by atoms with Crippen LogP contribution in [-0.2, 0) is 4.74 Å². The van der Waals surface area contributed by atoms with Crippen molar-refractivity contribution >= 4 is 6.08 Å². The van der Waals surface area contributed by atoms with Crippen LogP contribution in [0.5, 0.6) is 5.75 Å². The van der Waals surface area contributed by atoms with Gasteiger partial charge in [0.15, 0.2) is 0 Å². The molecule has 0 amide bonds. The molecule has 1 aromatic carbocycles. The van der Waals surface area contributed by atoms with Crippen molar-refractivity contribution in [2.24, 2.45) is 0 Å². The highest BCUT2D eigenvalue weighted by molar-refractivity contribution is 5.62. The van der Waals surface area contributed by atoms with E-state index in [1.807, 2.05) is 36.4 Å². The third kappa shape index (κ3) is 5.21. The molecule has 1 aliphatic rings. The maximum absolute atomic E-state index is 8.72. The molecule has 0 N–H and O–H groups in total. The molecule has 1 heterocycles. The second kappa shape index (κ2) is 8.84. The number of benzene rings is 1. The maximum atomic E-state index is 8.72. The summed E-state index contributed by atoms with van der Waals surface area (Å²) in [4.78, 5) is 2.38. The zero-order valence-corrected chi connectivity index (χ0v) is 12.5. The second-order valence-electron chi connectivity index (χ2n) is 5.01. The van der Waals surface area contributed by atoms with Crippen molar-refractivity contribution in [3.8, 4) is 17.9 Å². The predicted octanol–water partition coefficient (Wildman–Crippen LogP) is 2.22. The molecular weight excluding hydrogens is 278 g/mol. The standard InChI is InChI=1S/C17H19N3O2/c18-13-16(14-19)12-15-2-4-17(5-3-15)22-9-1-6-20-7-10-21-11-8-20/h2-5,12H,1,6-11H2. The molecule has 0 radical (unpaired) electrons. The highest BCUT2D eigenvalue weighted by Crippen LogP contribution is 2.14. The van der Waals surface area contributed by atoms with Gasteiger partial charge in [-0.2, -0.15) is 10.5 Å². The Labute approximate surface area is 131 Å². The molecule has 1 fully saturated rings. The third-order valence-corrected chi connectivity index (χ3v) is 3.42. The fraction of sp³-hybridized carbons (Fsp3) is 0.412. The van der Waals surface area contributed by atoms with Crippen LogP contribution in [0.1, 0.15) is 12.0 Å². The number of nitriles is 2. The number of allylic oxidation sites excluding steroid dienone is 1. The van der Waals surface area contributed by atoms with Crippen LogP contribution in [0, 0.1) is 22.7 Å². The number of morpholine rings is 1. The van der Waals surface area contributed by atoms with Crippen molar-refractivity contribution in [2.75, 3.05) is 39.5 Å². The molecule has 0 saturated carbocycles. The summed E-state index contributed by atoms with van der Waals surface area (Å²) < 4.78 is 11.0. The highest BCUT2D eigenvalue weighted by Gasteiger charge is 2.09. The van der Waals surface area contributed by atoms with Crippen molar-refractivity contribution < 1.29 is 9.47 Å². The quantitative estimate of drug-likeness (QED) is 0.595. The summed E-state index contributed by atoms with van der Waals surface area (Å²) in [7, 11) is 0. The zero-order chi connectivity index (χ0) is 15.6. The number of hydrogen-bond acceptors (Lipinski definition) is 5. The minimum absolute atomic E-state index is 0.0965. The maximum Gasteiger partial charge on any atom is 0.130 e. The van der Waals surface area contributed by atoms with Crippen LogP contribution in [0.3, 0.4) is 0 Å². The fourth-order valence-corrected chi connectivity index (χ4v) is 2.22. The third-order valence-electron chi connectivity index (χ3n) is 3.42. The van der Waals surface area contributed by atoms with Crippen LogP contribution in [0.25, 0.3) is 6.08 Å². The van der Waals surface area contributed by atoms with Crippen LogP contribution >= 0.6 is 0 Å². The molecule has 22 heavy (non-hydrogen) atoms. The molecule has 1 aliphatic heterocycles. The van der Waals surface area contributed by atoms with E-state index in [4.69, 9.17) is 20.0 Å². The monoisotopic (exact) mass is 297 g/mol. The molecular formula is C17H19N3O2. The molecule has 5 nitrogen and oxygen atoms in total. The van der Waals surface area contributed by atoms with Gasteiger partial charge in [0.05, 0.1) is 19.8 Å². The minimum Gasteiger partial charge on any atom is -0.494 e. The second-order valence-corrected chi connectivity index (χ2v) is 5.01. The Balaban J connectivity index is 1.73. The SMILES string of the molecule is N#CC(C#N)=Cc1ccc(OCCCN2CCOCC2)cc1. The first kappa shape index (κ1) is 16.0. The average molecular weight is 297 g/mol. The summed E-state index contributed by atoms with van der Waals surface area (Å²) in [6.07, 6.45) is 2.54. The van der Waals surface area contributed by atoms with Crippen molar-refractivity contribution in [3.05, 3.63) is 35.4 Å². The Morgan fingerprint density at radius 3 is 2.50 bits per heavy atom. The van der Waals surface area contributed by atoms with E-state index < -0.39 is 0 Å². The van der Waals surface area contributed by atoms with E-state index in [1.165, 1.54) is 0 Å². The van der Waals surface area contributed by atoms with Crippen molar-refractivity contribution in [1.29, 1.82) is 10.5 Å². The van der Waals surface area contributed by atoms with E-state index in [9.17, 15) is 0 Å². The van der Waals surface area contributed by atoms with Gasteiger partial charge in [-0.25, -0.2) is 0 Å². The van der Waals surface area contributed by atoms with Crippen LogP contribution in [-0.4, -0.2) is 44.4 Å². The number of ether oxygens (including phenoxy) is 2. The molecule has 0 unspecified atom stereocenters. The van der Waals surface area contributed by atoms with Crippen LogP contribution < -0.4 is 4.74 Å². The predicted molar refractivity (Wildman–Crippen MR) is 83.0 cm³/mol. The van der Waals surface area contributed by atoms with E-state index >= 15 is 0 Å². The Kier molecular flexibility index (Phi) is 6.44. The molecule has 0 aromatic heterocycles. The molecule has 1 aromatic rings. The Morgan fingerprint density at radius 1 is 1.18 bits per heavy atom. The van der Waals surface area contributed by atoms with E-state index in [0.29, 0.717) is 6.61 Å². The Hall–Kier alpha value is -2.34. The first-order valence-corrected chi connectivity index (χ1v) is 7.36. The normalized spacial score (nSPS) is 14.6. The Morgan fingerprint density at radius 2 is 1.86 bits per heavy atom. The lowest BCUT2D eigenvalue weighted by molar-refractivity contribution is 0.0358. The molecule has 0 aliphatic carbocycles. The van der Waals surface area contributed by atoms with Gasteiger partial charge in [0, 0.05) is 19.6 Å². The van der Waals surface area contributed by atoms with Crippen LogP contribution in [0.4, 0.5) is 0 Å². The van der Waals surface area contributed by atoms with Crippen molar-refractivity contribution in [2.45, 2.75) is 6.42 Å². The van der Waals surface area contributed by atoms with Gasteiger partial charge in [0.1, 0.15) is 23.5 Å². The molecule has 2 rings (SSSR count). The first-order chi connectivity index (χ1) is 10.8. The smallest absolute Gasteiger partial charge is 0.130 e. The lowest BCUT2D eigenvalue weighted by Crippen LogP contribution is -2.37. The Bertz CT molecular complexity index is 559. The van der Waals surface area contributed by atoms with Crippen molar-refractivity contribution in [1.82, 2.24) is 4.90 Å². The lowest BCUT2D eigenvalue weighted by atomic mass is 10.1. The molecule has 0 bridgehead atoms. The van der Waals surface area contributed by atoms with Crippen LogP contribution in [0.15, 0.2) is 29.8 Å². The molecule has 0 spiro atoms. The minimum atomic E-state index is 0.0965. The van der Waals surface area contributed by atoms with E-state index in [2.05, 4.69) is 4.90 Å². The largest absolute Gasteiger partial charge is 0.494 e. The lowest BCUT2D eigenvalue weighted by Gasteiger charge is -2.26. The first-order valence-electron chi connectivity index (χ1n) is 7.36. The molecule has 114 valence electrons. The van der Waals surface area contributed by atoms with Gasteiger partial charge in [-0.1, -0.05) is 12.1 Å². The van der Waals surface area contributed by atoms with E-state index in [1.54, 1.807) is 6.08 Å². The molecule has 1 saturated heterocycles. The average Bonchev–Trinajstić information content (AvgIpc) is 2.58. The summed E-state index contributed by atoms with van der Waals surface area (Å²) in [5.74, 6) is 0.801. The number of rotatable bonds is 6.